The van der Waals surface area contributed by atoms with Crippen molar-refractivity contribution in [2.75, 3.05) is 25.5 Å². The molecule has 118 valence electrons. The molecule has 0 aliphatic carbocycles. The zero-order valence-corrected chi connectivity index (χ0v) is 13.8. The predicted molar refractivity (Wildman–Crippen MR) is 96.9 cm³/mol. The summed E-state index contributed by atoms with van der Waals surface area (Å²) >= 11 is 0. The molecule has 0 atom stereocenters. The lowest BCUT2D eigenvalue weighted by molar-refractivity contribution is 0.313. The van der Waals surface area contributed by atoms with Gasteiger partial charge < -0.3 is 14.8 Å². The van der Waals surface area contributed by atoms with E-state index in [1.54, 1.807) is 0 Å². The predicted octanol–water partition coefficient (Wildman–Crippen LogP) is 3.79. The standard InChI is InChI=1S/C20H23N3/c1-22-12-11-18-17(14-22)16-9-6-10-19(20(16)21-18)23(2)13-15-7-4-3-5-8-15/h3-10,21H,11-14H2,1-2H3. The number of nitrogens with one attached hydrogen (secondary N) is 1. The highest BCUT2D eigenvalue weighted by molar-refractivity contribution is 5.95. The van der Waals surface area contributed by atoms with Gasteiger partial charge in [-0.15, -0.1) is 0 Å². The monoisotopic (exact) mass is 305 g/mol. The Kier molecular flexibility index (Phi) is 3.58. The van der Waals surface area contributed by atoms with Gasteiger partial charge in [0, 0.05) is 44.2 Å². The quantitative estimate of drug-likeness (QED) is 0.795. The molecular weight excluding hydrogens is 282 g/mol. The smallest absolute Gasteiger partial charge is 0.0697 e. The minimum atomic E-state index is 0.920. The Bertz CT molecular complexity index is 820. The summed E-state index contributed by atoms with van der Waals surface area (Å²) in [5.74, 6) is 0. The van der Waals surface area contributed by atoms with E-state index in [4.69, 9.17) is 0 Å². The van der Waals surface area contributed by atoms with Crippen molar-refractivity contribution in [3.63, 3.8) is 0 Å². The fourth-order valence-corrected chi connectivity index (χ4v) is 3.62. The summed E-state index contributed by atoms with van der Waals surface area (Å²) < 4.78 is 0. The Morgan fingerprint density at radius 3 is 2.74 bits per heavy atom. The van der Waals surface area contributed by atoms with Crippen LogP contribution in [-0.4, -0.2) is 30.5 Å². The number of H-pyrrole nitrogens is 1. The van der Waals surface area contributed by atoms with Crippen LogP contribution in [0.2, 0.25) is 0 Å². The van der Waals surface area contributed by atoms with E-state index in [2.05, 4.69) is 77.4 Å². The van der Waals surface area contributed by atoms with Crippen LogP contribution in [0.1, 0.15) is 16.8 Å². The van der Waals surface area contributed by atoms with Gasteiger partial charge in [-0.1, -0.05) is 42.5 Å². The van der Waals surface area contributed by atoms with E-state index in [1.807, 2.05) is 0 Å². The lowest BCUT2D eigenvalue weighted by Crippen LogP contribution is -2.25. The number of rotatable bonds is 3. The van der Waals surface area contributed by atoms with Crippen molar-refractivity contribution in [3.05, 3.63) is 65.4 Å². The van der Waals surface area contributed by atoms with Crippen LogP contribution in [0.15, 0.2) is 48.5 Å². The summed E-state index contributed by atoms with van der Waals surface area (Å²) in [6.07, 6.45) is 1.11. The van der Waals surface area contributed by atoms with E-state index in [-0.39, 0.29) is 0 Å². The van der Waals surface area contributed by atoms with E-state index < -0.39 is 0 Å². The highest BCUT2D eigenvalue weighted by atomic mass is 15.1. The van der Waals surface area contributed by atoms with E-state index >= 15 is 0 Å². The maximum Gasteiger partial charge on any atom is 0.0697 e. The number of aromatic nitrogens is 1. The second-order valence-corrected chi connectivity index (χ2v) is 6.61. The van der Waals surface area contributed by atoms with Gasteiger partial charge in [-0.05, 0) is 24.2 Å². The number of fused-ring (bicyclic) bond motifs is 3. The summed E-state index contributed by atoms with van der Waals surface area (Å²) in [4.78, 5) is 8.44. The zero-order valence-electron chi connectivity index (χ0n) is 13.8. The summed E-state index contributed by atoms with van der Waals surface area (Å²) in [7, 11) is 4.38. The fraction of sp³-hybridized carbons (Fsp3) is 0.300. The van der Waals surface area contributed by atoms with Gasteiger partial charge in [-0.3, -0.25) is 0 Å². The maximum atomic E-state index is 3.70. The Labute approximate surface area is 137 Å². The van der Waals surface area contributed by atoms with Crippen molar-refractivity contribution in [2.45, 2.75) is 19.5 Å². The molecule has 0 spiro atoms. The number of benzene rings is 2. The largest absolute Gasteiger partial charge is 0.369 e. The zero-order chi connectivity index (χ0) is 15.8. The third kappa shape index (κ3) is 2.62. The van der Waals surface area contributed by atoms with Gasteiger partial charge in [0.2, 0.25) is 0 Å². The molecule has 3 nitrogen and oxygen atoms in total. The number of likely N-dealkylation sites (N-methyl/N-ethyl adjacent to an activating group) is 1. The molecule has 1 N–H and O–H groups in total. The highest BCUT2D eigenvalue weighted by Gasteiger charge is 2.20. The summed E-state index contributed by atoms with van der Waals surface area (Å²) in [6.45, 7) is 3.10. The van der Waals surface area contributed by atoms with Gasteiger partial charge in [0.25, 0.3) is 0 Å². The molecule has 23 heavy (non-hydrogen) atoms. The number of para-hydroxylation sites is 1. The van der Waals surface area contributed by atoms with Crippen LogP contribution >= 0.6 is 0 Å². The average molecular weight is 305 g/mol. The number of nitrogens with zero attached hydrogens (tertiary/aromatic N) is 2. The first-order valence-electron chi connectivity index (χ1n) is 8.28. The molecule has 2 aromatic carbocycles. The molecule has 3 aromatic rings. The van der Waals surface area contributed by atoms with Crippen LogP contribution in [0, 0.1) is 0 Å². The molecule has 3 heteroatoms. The molecule has 1 aromatic heterocycles. The summed E-state index contributed by atoms with van der Waals surface area (Å²) in [6, 6.07) is 17.3. The van der Waals surface area contributed by atoms with Crippen LogP contribution in [0.5, 0.6) is 0 Å². The van der Waals surface area contributed by atoms with Crippen LogP contribution in [-0.2, 0) is 19.5 Å². The van der Waals surface area contributed by atoms with Gasteiger partial charge in [-0.2, -0.15) is 0 Å². The molecule has 4 rings (SSSR count). The van der Waals surface area contributed by atoms with Crippen molar-refractivity contribution in [2.24, 2.45) is 0 Å². The van der Waals surface area contributed by atoms with Gasteiger partial charge in [0.05, 0.1) is 11.2 Å². The molecule has 0 unspecified atom stereocenters. The molecule has 0 saturated heterocycles. The minimum Gasteiger partial charge on any atom is -0.369 e. The van der Waals surface area contributed by atoms with Gasteiger partial charge in [0.1, 0.15) is 0 Å². The maximum absolute atomic E-state index is 3.70. The van der Waals surface area contributed by atoms with Gasteiger partial charge in [-0.25, -0.2) is 0 Å². The first-order valence-corrected chi connectivity index (χ1v) is 8.28. The fourth-order valence-electron chi connectivity index (χ4n) is 3.62. The lowest BCUT2D eigenvalue weighted by atomic mass is 10.0. The Morgan fingerprint density at radius 2 is 1.91 bits per heavy atom. The van der Waals surface area contributed by atoms with E-state index in [0.717, 1.165) is 26.1 Å². The lowest BCUT2D eigenvalue weighted by Gasteiger charge is -2.22. The van der Waals surface area contributed by atoms with Crippen molar-refractivity contribution >= 4 is 16.6 Å². The van der Waals surface area contributed by atoms with E-state index in [0.29, 0.717) is 0 Å². The molecule has 0 fully saturated rings. The molecule has 1 aliphatic heterocycles. The normalized spacial score (nSPS) is 14.9. The first-order chi connectivity index (χ1) is 11.2. The van der Waals surface area contributed by atoms with Crippen LogP contribution < -0.4 is 4.90 Å². The average Bonchev–Trinajstić information content (AvgIpc) is 2.93. The van der Waals surface area contributed by atoms with Crippen molar-refractivity contribution in [3.8, 4) is 0 Å². The van der Waals surface area contributed by atoms with Crippen molar-refractivity contribution < 1.29 is 0 Å². The molecular formula is C20H23N3. The minimum absolute atomic E-state index is 0.920. The van der Waals surface area contributed by atoms with Crippen LogP contribution in [0.4, 0.5) is 5.69 Å². The second-order valence-electron chi connectivity index (χ2n) is 6.61. The van der Waals surface area contributed by atoms with Crippen LogP contribution in [0.3, 0.4) is 0 Å². The Balaban J connectivity index is 1.73. The molecule has 2 heterocycles. The van der Waals surface area contributed by atoms with Gasteiger partial charge in [0.15, 0.2) is 0 Å². The van der Waals surface area contributed by atoms with E-state index in [9.17, 15) is 0 Å². The molecule has 0 bridgehead atoms. The number of hydrogen-bond acceptors (Lipinski definition) is 2. The topological polar surface area (TPSA) is 22.3 Å². The number of hydrogen-bond donors (Lipinski definition) is 1. The van der Waals surface area contributed by atoms with Crippen LogP contribution in [0.25, 0.3) is 10.9 Å². The third-order valence-electron chi connectivity index (χ3n) is 4.85. The third-order valence-corrected chi connectivity index (χ3v) is 4.85. The summed E-state index contributed by atoms with van der Waals surface area (Å²) in [5.41, 5.74) is 6.79. The number of aromatic amines is 1. The number of anilines is 1. The Hall–Kier alpha value is -2.26. The second kappa shape index (κ2) is 5.74. The molecule has 0 radical (unpaired) electrons. The molecule has 0 saturated carbocycles. The van der Waals surface area contributed by atoms with Crippen molar-refractivity contribution in [1.29, 1.82) is 0 Å². The van der Waals surface area contributed by atoms with E-state index in [1.165, 1.54) is 33.4 Å². The SMILES string of the molecule is CN1CCc2[nH]c3c(N(C)Cc4ccccc4)cccc3c2C1. The van der Waals surface area contributed by atoms with Gasteiger partial charge >= 0.3 is 0 Å². The summed E-state index contributed by atoms with van der Waals surface area (Å²) in [5, 5.41) is 1.38. The van der Waals surface area contributed by atoms with Crippen molar-refractivity contribution in [1.82, 2.24) is 9.88 Å². The first kappa shape index (κ1) is 14.3. The Morgan fingerprint density at radius 1 is 1.09 bits per heavy atom. The molecule has 0 amide bonds. The molecule has 1 aliphatic rings. The highest BCUT2D eigenvalue weighted by Crippen LogP contribution is 2.33.